The first kappa shape index (κ1) is 21.3. The Hall–Kier alpha value is -2.38. The second kappa shape index (κ2) is 9.89. The standard InChI is InChI=1S/C22H27N3O2S2/c1-4-27-18-7-8-20-16(11-18)10-17(21(26)24-20)13-25(14-19-6-5-9-29-19)22(28)23-12-15(2)3/h5-11,15H,4,12-14H2,1-3H3,(H,23,28)(H,24,26). The molecule has 0 saturated carbocycles. The van der Waals surface area contributed by atoms with Crippen molar-refractivity contribution in [3.05, 3.63) is 62.6 Å². The zero-order chi connectivity index (χ0) is 20.8. The van der Waals surface area contributed by atoms with E-state index in [-0.39, 0.29) is 5.56 Å². The van der Waals surface area contributed by atoms with E-state index < -0.39 is 0 Å². The van der Waals surface area contributed by atoms with Crippen molar-refractivity contribution < 1.29 is 4.74 Å². The van der Waals surface area contributed by atoms with E-state index in [0.29, 0.717) is 36.3 Å². The van der Waals surface area contributed by atoms with Crippen molar-refractivity contribution in [1.82, 2.24) is 15.2 Å². The van der Waals surface area contributed by atoms with Gasteiger partial charge in [-0.1, -0.05) is 19.9 Å². The van der Waals surface area contributed by atoms with Crippen LogP contribution < -0.4 is 15.6 Å². The van der Waals surface area contributed by atoms with E-state index in [0.717, 1.165) is 23.2 Å². The number of nitrogens with one attached hydrogen (secondary N) is 2. The monoisotopic (exact) mass is 429 g/mol. The number of hydrogen-bond donors (Lipinski definition) is 2. The molecular formula is C22H27N3O2S2. The van der Waals surface area contributed by atoms with Crippen LogP contribution in [0.15, 0.2) is 46.6 Å². The van der Waals surface area contributed by atoms with Crippen molar-refractivity contribution >= 4 is 39.6 Å². The largest absolute Gasteiger partial charge is 0.494 e. The molecular weight excluding hydrogens is 402 g/mol. The summed E-state index contributed by atoms with van der Waals surface area (Å²) >= 11 is 7.33. The molecule has 3 aromatic rings. The van der Waals surface area contributed by atoms with E-state index in [1.165, 1.54) is 4.88 Å². The third kappa shape index (κ3) is 5.81. The van der Waals surface area contributed by atoms with Crippen LogP contribution in [0.3, 0.4) is 0 Å². The second-order valence-electron chi connectivity index (χ2n) is 7.32. The molecule has 0 bridgehead atoms. The zero-order valence-electron chi connectivity index (χ0n) is 17.0. The first-order valence-corrected chi connectivity index (χ1v) is 11.1. The third-order valence-corrected chi connectivity index (χ3v) is 5.70. The lowest BCUT2D eigenvalue weighted by Crippen LogP contribution is -2.41. The van der Waals surface area contributed by atoms with Gasteiger partial charge in [-0.15, -0.1) is 11.3 Å². The van der Waals surface area contributed by atoms with Crippen LogP contribution in [0.4, 0.5) is 0 Å². The average Bonchev–Trinajstić information content (AvgIpc) is 3.19. The fourth-order valence-corrected chi connectivity index (χ4v) is 3.93. The van der Waals surface area contributed by atoms with Crippen molar-refractivity contribution in [2.75, 3.05) is 13.2 Å². The quantitative estimate of drug-likeness (QED) is 0.516. The average molecular weight is 430 g/mol. The van der Waals surface area contributed by atoms with Crippen molar-refractivity contribution in [1.29, 1.82) is 0 Å². The number of aromatic amines is 1. The van der Waals surface area contributed by atoms with Gasteiger partial charge in [0, 0.05) is 27.9 Å². The number of ether oxygens (including phenoxy) is 1. The molecule has 2 aromatic heterocycles. The molecule has 5 nitrogen and oxygen atoms in total. The summed E-state index contributed by atoms with van der Waals surface area (Å²) in [6.45, 7) is 8.74. The molecule has 0 fully saturated rings. The number of H-pyrrole nitrogens is 1. The minimum atomic E-state index is -0.0931. The Labute approximate surface area is 180 Å². The fourth-order valence-electron chi connectivity index (χ4n) is 3.00. The molecule has 154 valence electrons. The van der Waals surface area contributed by atoms with Gasteiger partial charge in [0.15, 0.2) is 5.11 Å². The number of thiophene rings is 1. The minimum Gasteiger partial charge on any atom is -0.494 e. The third-order valence-electron chi connectivity index (χ3n) is 4.44. The predicted octanol–water partition coefficient (Wildman–Crippen LogP) is 4.52. The number of rotatable bonds is 8. The van der Waals surface area contributed by atoms with Gasteiger partial charge in [0.25, 0.3) is 5.56 Å². The molecule has 1 aromatic carbocycles. The molecule has 7 heteroatoms. The normalized spacial score (nSPS) is 11.0. The van der Waals surface area contributed by atoms with E-state index >= 15 is 0 Å². The summed E-state index contributed by atoms with van der Waals surface area (Å²) in [6.07, 6.45) is 0. The van der Waals surface area contributed by atoms with E-state index in [2.05, 4.69) is 35.6 Å². The summed E-state index contributed by atoms with van der Waals surface area (Å²) in [6, 6.07) is 11.8. The molecule has 2 heterocycles. The zero-order valence-corrected chi connectivity index (χ0v) is 18.7. The van der Waals surface area contributed by atoms with Gasteiger partial charge in [-0.25, -0.2) is 0 Å². The van der Waals surface area contributed by atoms with Crippen molar-refractivity contribution in [2.24, 2.45) is 5.92 Å². The molecule has 0 amide bonds. The maximum absolute atomic E-state index is 12.7. The highest BCUT2D eigenvalue weighted by Gasteiger charge is 2.15. The Morgan fingerprint density at radius 3 is 2.79 bits per heavy atom. The maximum Gasteiger partial charge on any atom is 0.253 e. The molecule has 0 saturated heterocycles. The van der Waals surface area contributed by atoms with Gasteiger partial charge in [-0.3, -0.25) is 4.79 Å². The summed E-state index contributed by atoms with van der Waals surface area (Å²) < 4.78 is 5.60. The molecule has 0 aliphatic rings. The lowest BCUT2D eigenvalue weighted by molar-refractivity contribution is 0.340. The van der Waals surface area contributed by atoms with Crippen LogP contribution >= 0.6 is 23.6 Å². The van der Waals surface area contributed by atoms with Crippen molar-refractivity contribution in [3.8, 4) is 5.75 Å². The van der Waals surface area contributed by atoms with Gasteiger partial charge in [-0.05, 0) is 60.8 Å². The van der Waals surface area contributed by atoms with Crippen LogP contribution in [-0.4, -0.2) is 28.1 Å². The number of aromatic nitrogens is 1. The lowest BCUT2D eigenvalue weighted by Gasteiger charge is -2.26. The first-order valence-electron chi connectivity index (χ1n) is 9.80. The number of thiocarbonyl (C=S) groups is 1. The number of benzene rings is 1. The van der Waals surface area contributed by atoms with Gasteiger partial charge in [-0.2, -0.15) is 0 Å². The predicted molar refractivity (Wildman–Crippen MR) is 125 cm³/mol. The molecule has 0 aliphatic carbocycles. The van der Waals surface area contributed by atoms with Crippen molar-refractivity contribution in [2.45, 2.75) is 33.9 Å². The Morgan fingerprint density at radius 1 is 1.28 bits per heavy atom. The first-order chi connectivity index (χ1) is 14.0. The maximum atomic E-state index is 12.7. The topological polar surface area (TPSA) is 57.4 Å². The molecule has 0 atom stereocenters. The van der Waals surface area contributed by atoms with E-state index in [1.807, 2.05) is 42.2 Å². The number of pyridine rings is 1. The molecule has 0 spiro atoms. The highest BCUT2D eigenvalue weighted by Crippen LogP contribution is 2.20. The summed E-state index contributed by atoms with van der Waals surface area (Å²) in [4.78, 5) is 18.9. The number of hydrogen-bond acceptors (Lipinski definition) is 4. The minimum absolute atomic E-state index is 0.0931. The van der Waals surface area contributed by atoms with Crippen LogP contribution in [0.1, 0.15) is 31.2 Å². The molecule has 29 heavy (non-hydrogen) atoms. The van der Waals surface area contributed by atoms with Gasteiger partial charge in [0.1, 0.15) is 5.75 Å². The van der Waals surface area contributed by atoms with E-state index in [9.17, 15) is 4.79 Å². The summed E-state index contributed by atoms with van der Waals surface area (Å²) in [5.41, 5.74) is 1.38. The van der Waals surface area contributed by atoms with Gasteiger partial charge < -0.3 is 19.9 Å². The van der Waals surface area contributed by atoms with Crippen LogP contribution in [0.25, 0.3) is 10.9 Å². The Kier molecular flexibility index (Phi) is 7.28. The fraction of sp³-hybridized carbons (Fsp3) is 0.364. The molecule has 0 aliphatic heterocycles. The molecule has 2 N–H and O–H groups in total. The van der Waals surface area contributed by atoms with E-state index in [4.69, 9.17) is 17.0 Å². The lowest BCUT2D eigenvalue weighted by atomic mass is 10.1. The highest BCUT2D eigenvalue weighted by molar-refractivity contribution is 7.80. The van der Waals surface area contributed by atoms with Crippen LogP contribution in [0, 0.1) is 5.92 Å². The SMILES string of the molecule is CCOc1ccc2[nH]c(=O)c(CN(Cc3cccs3)C(=S)NCC(C)C)cc2c1. The Bertz CT molecular complexity index is 1010. The number of fused-ring (bicyclic) bond motifs is 1. The van der Waals surface area contributed by atoms with Crippen LogP contribution in [0.5, 0.6) is 5.75 Å². The van der Waals surface area contributed by atoms with Gasteiger partial charge in [0.05, 0.1) is 19.7 Å². The molecule has 0 radical (unpaired) electrons. The summed E-state index contributed by atoms with van der Waals surface area (Å²) in [5, 5.41) is 6.99. The second-order valence-corrected chi connectivity index (χ2v) is 8.74. The molecule has 3 rings (SSSR count). The Morgan fingerprint density at radius 2 is 2.10 bits per heavy atom. The summed E-state index contributed by atoms with van der Waals surface area (Å²) in [7, 11) is 0. The van der Waals surface area contributed by atoms with Crippen molar-refractivity contribution in [3.63, 3.8) is 0 Å². The van der Waals surface area contributed by atoms with Crippen LogP contribution in [0.2, 0.25) is 0 Å². The van der Waals surface area contributed by atoms with Gasteiger partial charge in [0.2, 0.25) is 0 Å². The van der Waals surface area contributed by atoms with Gasteiger partial charge >= 0.3 is 0 Å². The molecule has 0 unspecified atom stereocenters. The highest BCUT2D eigenvalue weighted by atomic mass is 32.1. The van der Waals surface area contributed by atoms with E-state index in [1.54, 1.807) is 11.3 Å². The summed E-state index contributed by atoms with van der Waals surface area (Å²) in [5.74, 6) is 1.28. The number of nitrogens with zero attached hydrogens (tertiary/aromatic N) is 1. The smallest absolute Gasteiger partial charge is 0.253 e. The Balaban J connectivity index is 1.88. The van der Waals surface area contributed by atoms with Crippen LogP contribution in [-0.2, 0) is 13.1 Å².